The number of carbonyl (C=O) groups is 4. The van der Waals surface area contributed by atoms with E-state index in [1.807, 2.05) is 18.7 Å². The minimum atomic E-state index is -0.971. The highest BCUT2D eigenvalue weighted by Crippen LogP contribution is 2.00. The van der Waals surface area contributed by atoms with Crippen LogP contribution in [0.4, 0.5) is 0 Å². The fourth-order valence-electron chi connectivity index (χ4n) is 2.80. The van der Waals surface area contributed by atoms with Crippen LogP contribution in [0, 0.1) is 0 Å². The molecule has 1 heterocycles. The third kappa shape index (κ3) is 12.8. The normalized spacial score (nSPS) is 17.8. The summed E-state index contributed by atoms with van der Waals surface area (Å²) < 4.78 is 0. The second-order valence-electron chi connectivity index (χ2n) is 6.43. The average molecular weight is 418 g/mol. The summed E-state index contributed by atoms with van der Waals surface area (Å²) in [6.07, 6.45) is 0.722. The maximum absolute atomic E-state index is 11.7. The predicted molar refractivity (Wildman–Crippen MR) is 108 cm³/mol. The Morgan fingerprint density at radius 1 is 0.759 bits per heavy atom. The van der Waals surface area contributed by atoms with Crippen molar-refractivity contribution >= 4 is 24.3 Å². The van der Waals surface area contributed by atoms with Gasteiger partial charge in [-0.2, -0.15) is 0 Å². The molecule has 0 unspecified atom stereocenters. The van der Waals surface area contributed by atoms with Gasteiger partial charge < -0.3 is 20.4 Å². The van der Waals surface area contributed by atoms with E-state index in [9.17, 15) is 19.2 Å². The first-order chi connectivity index (χ1) is 13.8. The first kappa shape index (κ1) is 26.8. The van der Waals surface area contributed by atoms with Crippen LogP contribution in [0.3, 0.4) is 0 Å². The summed E-state index contributed by atoms with van der Waals surface area (Å²) in [4.78, 5) is 52.0. The zero-order valence-corrected chi connectivity index (χ0v) is 17.7. The van der Waals surface area contributed by atoms with Crippen LogP contribution in [0.15, 0.2) is 0 Å². The number of amides is 2. The monoisotopic (exact) mass is 417 g/mol. The van der Waals surface area contributed by atoms with Crippen molar-refractivity contribution in [3.63, 3.8) is 0 Å². The molecule has 0 bridgehead atoms. The molecule has 1 saturated heterocycles. The zero-order valence-electron chi connectivity index (χ0n) is 17.7. The van der Waals surface area contributed by atoms with Gasteiger partial charge in [0.05, 0.1) is 19.6 Å². The van der Waals surface area contributed by atoms with E-state index >= 15 is 0 Å². The number of aliphatic carboxylic acids is 2. The standard InChI is InChI=1S/C16H29N5O6.C2H6/c1-17-14(23)10-18-2-3-19(11-15(24)25)4-5-20(12-16(26)27)7-9-21(13-22)8-6-18;1-2/h13H,2-12H2,1H3,(H,17,23)(H,24,25)(H,26,27);1-2H3. The Labute approximate surface area is 172 Å². The molecule has 2 amide bonds. The lowest BCUT2D eigenvalue weighted by molar-refractivity contribution is -0.140. The highest BCUT2D eigenvalue weighted by molar-refractivity contribution is 5.77. The van der Waals surface area contributed by atoms with Gasteiger partial charge in [0.1, 0.15) is 0 Å². The fraction of sp³-hybridized carbons (Fsp3) is 0.778. The Hall–Kier alpha value is -2.24. The minimum Gasteiger partial charge on any atom is -0.480 e. The first-order valence-electron chi connectivity index (χ1n) is 9.84. The summed E-state index contributed by atoms with van der Waals surface area (Å²) in [7, 11) is 1.55. The first-order valence-corrected chi connectivity index (χ1v) is 9.84. The van der Waals surface area contributed by atoms with Crippen molar-refractivity contribution in [1.29, 1.82) is 0 Å². The Kier molecular flexibility index (Phi) is 14.4. The summed E-state index contributed by atoms with van der Waals surface area (Å²) in [6, 6.07) is 0. The highest BCUT2D eigenvalue weighted by Gasteiger charge is 2.19. The Bertz CT molecular complexity index is 519. The van der Waals surface area contributed by atoms with Crippen molar-refractivity contribution in [2.24, 2.45) is 0 Å². The molecule has 0 spiro atoms. The van der Waals surface area contributed by atoms with Gasteiger partial charge in [-0.3, -0.25) is 33.9 Å². The van der Waals surface area contributed by atoms with E-state index < -0.39 is 11.9 Å². The second kappa shape index (κ2) is 15.7. The molecule has 0 aromatic carbocycles. The third-order valence-electron chi connectivity index (χ3n) is 4.38. The van der Waals surface area contributed by atoms with E-state index in [0.717, 1.165) is 6.41 Å². The fourth-order valence-corrected chi connectivity index (χ4v) is 2.80. The van der Waals surface area contributed by atoms with Crippen molar-refractivity contribution in [3.05, 3.63) is 0 Å². The van der Waals surface area contributed by atoms with E-state index in [1.54, 1.807) is 21.7 Å². The summed E-state index contributed by atoms with van der Waals surface area (Å²) in [6.45, 7) is 7.09. The molecule has 11 heteroatoms. The molecule has 0 aliphatic carbocycles. The maximum Gasteiger partial charge on any atom is 0.317 e. The van der Waals surface area contributed by atoms with Gasteiger partial charge >= 0.3 is 11.9 Å². The van der Waals surface area contributed by atoms with Crippen molar-refractivity contribution in [2.75, 3.05) is 79.0 Å². The molecule has 168 valence electrons. The highest BCUT2D eigenvalue weighted by atomic mass is 16.4. The summed E-state index contributed by atoms with van der Waals surface area (Å²) >= 11 is 0. The van der Waals surface area contributed by atoms with Crippen LogP contribution in [-0.4, -0.2) is 133 Å². The molecule has 0 aromatic heterocycles. The van der Waals surface area contributed by atoms with Crippen LogP contribution in [0.5, 0.6) is 0 Å². The number of rotatable bonds is 7. The zero-order chi connectivity index (χ0) is 22.2. The van der Waals surface area contributed by atoms with Crippen LogP contribution < -0.4 is 5.32 Å². The number of hydrogen-bond acceptors (Lipinski definition) is 7. The van der Waals surface area contributed by atoms with Gasteiger partial charge in [0, 0.05) is 59.4 Å². The smallest absolute Gasteiger partial charge is 0.317 e. The molecule has 1 aliphatic heterocycles. The van der Waals surface area contributed by atoms with Gasteiger partial charge in [-0.15, -0.1) is 0 Å². The van der Waals surface area contributed by atoms with Crippen LogP contribution in [0.25, 0.3) is 0 Å². The van der Waals surface area contributed by atoms with Crippen LogP contribution in [-0.2, 0) is 19.2 Å². The number of nitrogens with one attached hydrogen (secondary N) is 1. The molecule has 1 fully saturated rings. The number of likely N-dealkylation sites (N-methyl/N-ethyl adjacent to an activating group) is 1. The molecule has 0 saturated carbocycles. The maximum atomic E-state index is 11.7. The topological polar surface area (TPSA) is 134 Å². The summed E-state index contributed by atoms with van der Waals surface area (Å²) in [5, 5.41) is 20.7. The summed E-state index contributed by atoms with van der Waals surface area (Å²) in [5.41, 5.74) is 0. The minimum absolute atomic E-state index is 0.155. The van der Waals surface area contributed by atoms with Crippen molar-refractivity contribution in [2.45, 2.75) is 13.8 Å². The number of nitrogens with zero attached hydrogens (tertiary/aromatic N) is 4. The molecular formula is C18H35N5O6. The molecule has 3 N–H and O–H groups in total. The van der Waals surface area contributed by atoms with Gasteiger partial charge in [0.2, 0.25) is 12.3 Å². The van der Waals surface area contributed by atoms with Crippen molar-refractivity contribution < 1.29 is 29.4 Å². The van der Waals surface area contributed by atoms with E-state index in [4.69, 9.17) is 10.2 Å². The van der Waals surface area contributed by atoms with Crippen LogP contribution in [0.2, 0.25) is 0 Å². The van der Waals surface area contributed by atoms with E-state index in [2.05, 4.69) is 5.32 Å². The third-order valence-corrected chi connectivity index (χ3v) is 4.38. The van der Waals surface area contributed by atoms with Gasteiger partial charge in [-0.05, 0) is 0 Å². The molecule has 0 radical (unpaired) electrons. The Morgan fingerprint density at radius 3 is 1.41 bits per heavy atom. The largest absolute Gasteiger partial charge is 0.480 e. The lowest BCUT2D eigenvalue weighted by Crippen LogP contribution is -2.48. The van der Waals surface area contributed by atoms with Crippen LogP contribution >= 0.6 is 0 Å². The molecule has 1 aliphatic rings. The van der Waals surface area contributed by atoms with Gasteiger partial charge in [0.15, 0.2) is 0 Å². The molecular weight excluding hydrogens is 382 g/mol. The molecule has 29 heavy (non-hydrogen) atoms. The van der Waals surface area contributed by atoms with E-state index in [1.165, 1.54) is 0 Å². The predicted octanol–water partition coefficient (Wildman–Crippen LogP) is -1.69. The van der Waals surface area contributed by atoms with Crippen molar-refractivity contribution in [3.8, 4) is 0 Å². The van der Waals surface area contributed by atoms with Crippen LogP contribution in [0.1, 0.15) is 13.8 Å². The van der Waals surface area contributed by atoms with E-state index in [-0.39, 0.29) is 25.5 Å². The lowest BCUT2D eigenvalue weighted by atomic mass is 10.3. The Morgan fingerprint density at radius 2 is 1.10 bits per heavy atom. The number of carboxylic acid groups (broad SMARTS) is 2. The molecule has 1 rings (SSSR count). The summed E-state index contributed by atoms with van der Waals surface area (Å²) in [5.74, 6) is -2.09. The second-order valence-corrected chi connectivity index (χ2v) is 6.43. The number of hydrogen-bond donors (Lipinski definition) is 3. The average Bonchev–Trinajstić information content (AvgIpc) is 2.68. The number of carboxylic acids is 2. The number of carbonyl (C=O) groups excluding carboxylic acids is 2. The quantitative estimate of drug-likeness (QED) is 0.415. The Balaban J connectivity index is 0.00000379. The van der Waals surface area contributed by atoms with Gasteiger partial charge in [-0.25, -0.2) is 0 Å². The van der Waals surface area contributed by atoms with Gasteiger partial charge in [0.25, 0.3) is 0 Å². The molecule has 0 aromatic rings. The van der Waals surface area contributed by atoms with E-state index in [0.29, 0.717) is 52.4 Å². The molecule has 0 atom stereocenters. The SMILES string of the molecule is CC.CNC(=O)CN1CCN(C=O)CCN(CC(=O)O)CCN(CC(=O)O)CC1. The molecule has 11 nitrogen and oxygen atoms in total. The van der Waals surface area contributed by atoms with Gasteiger partial charge in [-0.1, -0.05) is 13.8 Å². The lowest BCUT2D eigenvalue weighted by Gasteiger charge is -2.32. The van der Waals surface area contributed by atoms with Crippen molar-refractivity contribution in [1.82, 2.24) is 24.9 Å².